The molecule has 0 bridgehead atoms. The lowest BCUT2D eigenvalue weighted by Crippen LogP contribution is -2.31. The number of hydrogen-bond donors (Lipinski definition) is 1. The van der Waals surface area contributed by atoms with Crippen molar-refractivity contribution in [2.75, 3.05) is 26.8 Å². The molecule has 0 unspecified atom stereocenters. The smallest absolute Gasteiger partial charge is 0.0587 e. The average Bonchev–Trinajstić information content (AvgIpc) is 2.68. The van der Waals surface area contributed by atoms with E-state index in [-0.39, 0.29) is 0 Å². The van der Waals surface area contributed by atoms with Gasteiger partial charge in [0.1, 0.15) is 0 Å². The number of rotatable bonds is 8. The number of hydrogen-bond acceptors (Lipinski definition) is 3. The van der Waals surface area contributed by atoms with Gasteiger partial charge in [-0.2, -0.15) is 0 Å². The lowest BCUT2D eigenvalue weighted by atomic mass is 9.87. The molecule has 0 aliphatic carbocycles. The Morgan fingerprint density at radius 2 is 2.12 bits per heavy atom. The Morgan fingerprint density at radius 3 is 2.71 bits per heavy atom. The highest BCUT2D eigenvalue weighted by molar-refractivity contribution is 7.11. The largest absolute Gasteiger partial charge is 0.383 e. The molecule has 3 heteroatoms. The Labute approximate surface area is 109 Å². The number of aryl methyl sites for hydroxylation is 2. The molecule has 1 rings (SSSR count). The van der Waals surface area contributed by atoms with Crippen molar-refractivity contribution in [1.29, 1.82) is 0 Å². The highest BCUT2D eigenvalue weighted by atomic mass is 32.1. The zero-order valence-corrected chi connectivity index (χ0v) is 12.3. The van der Waals surface area contributed by atoms with Gasteiger partial charge in [0.25, 0.3) is 0 Å². The first-order valence-electron chi connectivity index (χ1n) is 6.28. The van der Waals surface area contributed by atoms with E-state index in [9.17, 15) is 0 Å². The van der Waals surface area contributed by atoms with Crippen LogP contribution in [0.5, 0.6) is 0 Å². The summed E-state index contributed by atoms with van der Waals surface area (Å²) in [5.41, 5.74) is 0.353. The lowest BCUT2D eigenvalue weighted by Gasteiger charge is -2.24. The number of thiophene rings is 1. The van der Waals surface area contributed by atoms with Gasteiger partial charge in [0.05, 0.1) is 6.61 Å². The van der Waals surface area contributed by atoms with Crippen molar-refractivity contribution in [1.82, 2.24) is 5.32 Å². The summed E-state index contributed by atoms with van der Waals surface area (Å²) >= 11 is 1.92. The van der Waals surface area contributed by atoms with Gasteiger partial charge in [-0.3, -0.25) is 0 Å². The second kappa shape index (κ2) is 7.14. The van der Waals surface area contributed by atoms with Crippen LogP contribution in [0, 0.1) is 12.3 Å². The first kappa shape index (κ1) is 14.7. The lowest BCUT2D eigenvalue weighted by molar-refractivity contribution is 0.193. The van der Waals surface area contributed by atoms with Crippen molar-refractivity contribution in [3.8, 4) is 0 Å². The van der Waals surface area contributed by atoms with Crippen LogP contribution in [0.15, 0.2) is 12.1 Å². The zero-order chi connectivity index (χ0) is 12.7. The van der Waals surface area contributed by atoms with Gasteiger partial charge in [-0.15, -0.1) is 11.3 Å². The molecule has 17 heavy (non-hydrogen) atoms. The molecule has 0 aliphatic rings. The Hall–Kier alpha value is -0.380. The molecule has 98 valence electrons. The molecular formula is C14H25NOS. The van der Waals surface area contributed by atoms with Gasteiger partial charge >= 0.3 is 0 Å². The van der Waals surface area contributed by atoms with E-state index >= 15 is 0 Å². The van der Waals surface area contributed by atoms with E-state index in [1.165, 1.54) is 22.6 Å². The van der Waals surface area contributed by atoms with Crippen LogP contribution in [0.4, 0.5) is 0 Å². The van der Waals surface area contributed by atoms with Crippen molar-refractivity contribution >= 4 is 11.3 Å². The Kier molecular flexibility index (Phi) is 6.17. The minimum Gasteiger partial charge on any atom is -0.383 e. The Balaban J connectivity index is 2.24. The normalized spacial score (nSPS) is 12.0. The molecule has 0 atom stereocenters. The van der Waals surface area contributed by atoms with E-state index in [1.54, 1.807) is 7.11 Å². The maximum absolute atomic E-state index is 5.03. The van der Waals surface area contributed by atoms with Gasteiger partial charge in [-0.1, -0.05) is 13.8 Å². The zero-order valence-electron chi connectivity index (χ0n) is 11.5. The molecule has 0 amide bonds. The second-order valence-electron chi connectivity index (χ2n) is 5.35. The highest BCUT2D eigenvalue weighted by Gasteiger charge is 2.17. The summed E-state index contributed by atoms with van der Waals surface area (Å²) in [5.74, 6) is 0. The summed E-state index contributed by atoms with van der Waals surface area (Å²) in [6.07, 6.45) is 2.42. The summed E-state index contributed by atoms with van der Waals surface area (Å²) in [6.45, 7) is 9.62. The third-order valence-electron chi connectivity index (χ3n) is 2.93. The molecule has 1 aromatic rings. The van der Waals surface area contributed by atoms with E-state index in [0.717, 1.165) is 19.7 Å². The first-order valence-corrected chi connectivity index (χ1v) is 7.10. The molecule has 0 aliphatic heterocycles. The van der Waals surface area contributed by atoms with Gasteiger partial charge in [0, 0.05) is 30.0 Å². The van der Waals surface area contributed by atoms with Gasteiger partial charge in [-0.25, -0.2) is 0 Å². The molecule has 0 aromatic carbocycles. The fourth-order valence-corrected chi connectivity index (χ4v) is 2.66. The van der Waals surface area contributed by atoms with Gasteiger partial charge in [-0.05, 0) is 37.3 Å². The SMILES string of the molecule is COCCNCC(C)(C)CCc1ccc(C)s1. The summed E-state index contributed by atoms with van der Waals surface area (Å²) < 4.78 is 5.03. The maximum Gasteiger partial charge on any atom is 0.0587 e. The number of nitrogens with one attached hydrogen (secondary N) is 1. The molecule has 0 spiro atoms. The average molecular weight is 255 g/mol. The number of methoxy groups -OCH3 is 1. The van der Waals surface area contributed by atoms with Gasteiger partial charge in [0.2, 0.25) is 0 Å². The summed E-state index contributed by atoms with van der Waals surface area (Å²) in [7, 11) is 1.74. The third-order valence-corrected chi connectivity index (χ3v) is 3.99. The van der Waals surface area contributed by atoms with Crippen LogP contribution in [-0.4, -0.2) is 26.8 Å². The molecular weight excluding hydrogens is 230 g/mol. The first-order chi connectivity index (χ1) is 8.03. The monoisotopic (exact) mass is 255 g/mol. The van der Waals surface area contributed by atoms with Crippen LogP contribution in [0.25, 0.3) is 0 Å². The van der Waals surface area contributed by atoms with Gasteiger partial charge < -0.3 is 10.1 Å². The van der Waals surface area contributed by atoms with E-state index in [2.05, 4.69) is 38.2 Å². The molecule has 0 saturated heterocycles. The van der Waals surface area contributed by atoms with Crippen molar-refractivity contribution in [2.24, 2.45) is 5.41 Å². The van der Waals surface area contributed by atoms with E-state index in [1.807, 2.05) is 11.3 Å². The minimum atomic E-state index is 0.353. The molecule has 0 radical (unpaired) electrons. The predicted octanol–water partition coefficient (Wildman–Crippen LogP) is 3.25. The van der Waals surface area contributed by atoms with Crippen molar-refractivity contribution < 1.29 is 4.74 Å². The molecule has 1 N–H and O–H groups in total. The third kappa shape index (κ3) is 6.20. The van der Waals surface area contributed by atoms with Crippen LogP contribution in [0.1, 0.15) is 30.0 Å². The van der Waals surface area contributed by atoms with Gasteiger partial charge in [0.15, 0.2) is 0 Å². The van der Waals surface area contributed by atoms with Crippen molar-refractivity contribution in [3.05, 3.63) is 21.9 Å². The fourth-order valence-electron chi connectivity index (χ4n) is 1.77. The van der Waals surface area contributed by atoms with E-state index in [4.69, 9.17) is 4.74 Å². The van der Waals surface area contributed by atoms with Crippen LogP contribution in [0.3, 0.4) is 0 Å². The summed E-state index contributed by atoms with van der Waals surface area (Å²) in [4.78, 5) is 2.92. The molecule has 1 heterocycles. The van der Waals surface area contributed by atoms with E-state index < -0.39 is 0 Å². The quantitative estimate of drug-likeness (QED) is 0.720. The topological polar surface area (TPSA) is 21.3 Å². The number of ether oxygens (including phenoxy) is 1. The minimum absolute atomic E-state index is 0.353. The fraction of sp³-hybridized carbons (Fsp3) is 0.714. The van der Waals surface area contributed by atoms with Crippen LogP contribution < -0.4 is 5.32 Å². The predicted molar refractivity (Wildman–Crippen MR) is 75.9 cm³/mol. The molecule has 1 aromatic heterocycles. The van der Waals surface area contributed by atoms with Crippen LogP contribution in [-0.2, 0) is 11.2 Å². The standard InChI is InChI=1S/C14H25NOS/c1-12-5-6-13(17-12)7-8-14(2,3)11-15-9-10-16-4/h5-6,15H,7-11H2,1-4H3. The Morgan fingerprint density at radius 1 is 1.35 bits per heavy atom. The van der Waals surface area contributed by atoms with Crippen LogP contribution in [0.2, 0.25) is 0 Å². The maximum atomic E-state index is 5.03. The summed E-state index contributed by atoms with van der Waals surface area (Å²) in [5, 5.41) is 3.45. The van der Waals surface area contributed by atoms with Crippen molar-refractivity contribution in [2.45, 2.75) is 33.6 Å². The molecule has 2 nitrogen and oxygen atoms in total. The second-order valence-corrected chi connectivity index (χ2v) is 6.72. The van der Waals surface area contributed by atoms with Crippen LogP contribution >= 0.6 is 11.3 Å². The summed E-state index contributed by atoms with van der Waals surface area (Å²) in [6, 6.07) is 4.47. The van der Waals surface area contributed by atoms with Crippen molar-refractivity contribution in [3.63, 3.8) is 0 Å². The van der Waals surface area contributed by atoms with E-state index in [0.29, 0.717) is 5.41 Å². The highest BCUT2D eigenvalue weighted by Crippen LogP contribution is 2.25. The molecule has 0 fully saturated rings. The Bertz CT molecular complexity index is 320. The molecule has 0 saturated carbocycles.